The maximum Gasteiger partial charge on any atom is 0.242 e. The van der Waals surface area contributed by atoms with E-state index in [2.05, 4.69) is 4.98 Å². The molecule has 6 heteroatoms. The van der Waals surface area contributed by atoms with Crippen LogP contribution in [0.5, 0.6) is 0 Å². The fourth-order valence-electron chi connectivity index (χ4n) is 2.15. The van der Waals surface area contributed by atoms with Gasteiger partial charge in [-0.3, -0.25) is 9.59 Å². The topological polar surface area (TPSA) is 55.2 Å². The standard InChI is InChI=1S/C15H19N3O2S/c1-10(15-11(2)21-12(3)16-15)17(4)14(20)9-18-7-5-13(19)6-8-18/h5-8,10H,9H2,1-4H3. The highest BCUT2D eigenvalue weighted by molar-refractivity contribution is 7.11. The third kappa shape index (κ3) is 3.58. The first-order valence-electron chi connectivity index (χ1n) is 6.74. The molecule has 21 heavy (non-hydrogen) atoms. The van der Waals surface area contributed by atoms with Crippen LogP contribution in [0.1, 0.15) is 28.5 Å². The number of amides is 1. The van der Waals surface area contributed by atoms with Crippen molar-refractivity contribution < 1.29 is 4.79 Å². The number of carbonyl (C=O) groups is 1. The lowest BCUT2D eigenvalue weighted by atomic mass is 10.2. The molecule has 0 bridgehead atoms. The quantitative estimate of drug-likeness (QED) is 0.869. The number of thiazole rings is 1. The predicted octanol–water partition coefficient (Wildman–Crippen LogP) is 2.14. The molecule has 0 spiro atoms. The zero-order chi connectivity index (χ0) is 15.6. The van der Waals surface area contributed by atoms with E-state index in [1.807, 2.05) is 20.8 Å². The van der Waals surface area contributed by atoms with Crippen LogP contribution in [0.15, 0.2) is 29.3 Å². The van der Waals surface area contributed by atoms with E-state index in [-0.39, 0.29) is 23.9 Å². The first-order valence-corrected chi connectivity index (χ1v) is 7.56. The molecular formula is C15H19N3O2S. The summed E-state index contributed by atoms with van der Waals surface area (Å²) in [6, 6.07) is 2.83. The molecule has 0 N–H and O–H groups in total. The van der Waals surface area contributed by atoms with Gasteiger partial charge in [0.2, 0.25) is 5.91 Å². The lowest BCUT2D eigenvalue weighted by molar-refractivity contribution is -0.132. The molecule has 2 aromatic rings. The molecular weight excluding hydrogens is 286 g/mol. The molecule has 1 amide bonds. The van der Waals surface area contributed by atoms with Crippen LogP contribution in [0.4, 0.5) is 0 Å². The smallest absolute Gasteiger partial charge is 0.242 e. The molecule has 0 aliphatic heterocycles. The van der Waals surface area contributed by atoms with Crippen LogP contribution >= 0.6 is 11.3 Å². The Hall–Kier alpha value is -1.95. The molecule has 2 heterocycles. The highest BCUT2D eigenvalue weighted by Gasteiger charge is 2.21. The summed E-state index contributed by atoms with van der Waals surface area (Å²) >= 11 is 1.64. The third-order valence-electron chi connectivity index (χ3n) is 3.49. The van der Waals surface area contributed by atoms with Gasteiger partial charge in [-0.1, -0.05) is 0 Å². The van der Waals surface area contributed by atoms with E-state index in [0.29, 0.717) is 0 Å². The summed E-state index contributed by atoms with van der Waals surface area (Å²) in [5.74, 6) is -0.0174. The number of nitrogens with zero attached hydrogens (tertiary/aromatic N) is 3. The van der Waals surface area contributed by atoms with Crippen molar-refractivity contribution in [1.29, 1.82) is 0 Å². The number of aryl methyl sites for hydroxylation is 2. The van der Waals surface area contributed by atoms with Crippen LogP contribution in [-0.2, 0) is 11.3 Å². The van der Waals surface area contributed by atoms with E-state index in [4.69, 9.17) is 0 Å². The second-order valence-corrected chi connectivity index (χ2v) is 6.47. The van der Waals surface area contributed by atoms with Gasteiger partial charge in [0, 0.05) is 36.5 Å². The molecule has 5 nitrogen and oxygen atoms in total. The Morgan fingerprint density at radius 3 is 2.52 bits per heavy atom. The molecule has 2 aromatic heterocycles. The first kappa shape index (κ1) is 15.4. The molecule has 0 aliphatic carbocycles. The van der Waals surface area contributed by atoms with Gasteiger partial charge in [0.25, 0.3) is 0 Å². The average molecular weight is 305 g/mol. The lowest BCUT2D eigenvalue weighted by Gasteiger charge is -2.24. The minimum Gasteiger partial charge on any atom is -0.345 e. The zero-order valence-corrected chi connectivity index (χ0v) is 13.5. The normalized spacial score (nSPS) is 12.2. The molecule has 1 atom stereocenters. The van der Waals surface area contributed by atoms with E-state index in [9.17, 15) is 9.59 Å². The minimum absolute atomic E-state index is 0.0174. The van der Waals surface area contributed by atoms with E-state index < -0.39 is 0 Å². The van der Waals surface area contributed by atoms with Gasteiger partial charge in [0.15, 0.2) is 5.43 Å². The largest absolute Gasteiger partial charge is 0.345 e. The number of rotatable bonds is 4. The van der Waals surface area contributed by atoms with Gasteiger partial charge >= 0.3 is 0 Å². The lowest BCUT2D eigenvalue weighted by Crippen LogP contribution is -2.33. The second kappa shape index (κ2) is 6.22. The second-order valence-electron chi connectivity index (χ2n) is 5.06. The summed E-state index contributed by atoms with van der Waals surface area (Å²) in [6.07, 6.45) is 3.24. The van der Waals surface area contributed by atoms with Crippen molar-refractivity contribution in [2.24, 2.45) is 0 Å². The van der Waals surface area contributed by atoms with Crippen molar-refractivity contribution in [2.75, 3.05) is 7.05 Å². The molecule has 0 saturated heterocycles. The van der Waals surface area contributed by atoms with E-state index in [1.54, 1.807) is 40.2 Å². The predicted molar refractivity (Wildman–Crippen MR) is 83.5 cm³/mol. The third-order valence-corrected chi connectivity index (χ3v) is 4.39. The van der Waals surface area contributed by atoms with Crippen molar-refractivity contribution >= 4 is 17.2 Å². The van der Waals surface area contributed by atoms with Gasteiger partial charge in [-0.2, -0.15) is 0 Å². The van der Waals surface area contributed by atoms with Crippen molar-refractivity contribution in [3.63, 3.8) is 0 Å². The monoisotopic (exact) mass is 305 g/mol. The molecule has 2 rings (SSSR count). The highest BCUT2D eigenvalue weighted by Crippen LogP contribution is 2.26. The van der Waals surface area contributed by atoms with Crippen molar-refractivity contribution in [1.82, 2.24) is 14.5 Å². The van der Waals surface area contributed by atoms with E-state index >= 15 is 0 Å². The van der Waals surface area contributed by atoms with Crippen LogP contribution in [0, 0.1) is 13.8 Å². The van der Waals surface area contributed by atoms with Crippen LogP contribution in [0.2, 0.25) is 0 Å². The summed E-state index contributed by atoms with van der Waals surface area (Å²) in [6.45, 7) is 6.18. The molecule has 112 valence electrons. The summed E-state index contributed by atoms with van der Waals surface area (Å²) in [5.41, 5.74) is 0.891. The minimum atomic E-state index is -0.0677. The first-order chi connectivity index (χ1) is 9.88. The molecule has 0 radical (unpaired) electrons. The van der Waals surface area contributed by atoms with Crippen molar-refractivity contribution in [2.45, 2.75) is 33.4 Å². The van der Waals surface area contributed by atoms with Gasteiger partial charge in [-0.15, -0.1) is 11.3 Å². The molecule has 1 unspecified atom stereocenters. The van der Waals surface area contributed by atoms with Gasteiger partial charge in [0.1, 0.15) is 6.54 Å². The Morgan fingerprint density at radius 2 is 2.00 bits per heavy atom. The van der Waals surface area contributed by atoms with Crippen LogP contribution < -0.4 is 5.43 Å². The molecule has 0 saturated carbocycles. The van der Waals surface area contributed by atoms with Gasteiger partial charge in [0.05, 0.1) is 16.7 Å². The SMILES string of the molecule is Cc1nc(C(C)N(C)C(=O)Cn2ccc(=O)cc2)c(C)s1. The number of pyridine rings is 1. The maximum atomic E-state index is 12.3. The van der Waals surface area contributed by atoms with Crippen LogP contribution in [-0.4, -0.2) is 27.4 Å². The van der Waals surface area contributed by atoms with Crippen molar-refractivity contribution in [3.05, 3.63) is 50.3 Å². The van der Waals surface area contributed by atoms with E-state index in [1.165, 1.54) is 12.1 Å². The summed E-state index contributed by atoms with van der Waals surface area (Å²) in [4.78, 5) is 30.7. The molecule has 0 aliphatic rings. The summed E-state index contributed by atoms with van der Waals surface area (Å²) < 4.78 is 1.70. The Kier molecular flexibility index (Phi) is 4.57. The van der Waals surface area contributed by atoms with Crippen LogP contribution in [0.25, 0.3) is 0 Å². The Labute approximate surface area is 127 Å². The Bertz CT molecular complexity index is 685. The number of hydrogen-bond donors (Lipinski definition) is 0. The zero-order valence-electron chi connectivity index (χ0n) is 12.7. The number of likely N-dealkylation sites (N-methyl/N-ethyl adjacent to an activating group) is 1. The summed E-state index contributed by atoms with van der Waals surface area (Å²) in [5, 5.41) is 1.01. The summed E-state index contributed by atoms with van der Waals surface area (Å²) in [7, 11) is 1.78. The maximum absolute atomic E-state index is 12.3. The average Bonchev–Trinajstić information content (AvgIpc) is 2.78. The molecule has 0 aromatic carbocycles. The van der Waals surface area contributed by atoms with Gasteiger partial charge < -0.3 is 9.47 Å². The fraction of sp³-hybridized carbons (Fsp3) is 0.400. The van der Waals surface area contributed by atoms with Crippen molar-refractivity contribution in [3.8, 4) is 0 Å². The number of carbonyl (C=O) groups excluding carboxylic acids is 1. The van der Waals surface area contributed by atoms with Crippen LogP contribution in [0.3, 0.4) is 0 Å². The molecule has 0 fully saturated rings. The van der Waals surface area contributed by atoms with E-state index in [0.717, 1.165) is 15.6 Å². The highest BCUT2D eigenvalue weighted by atomic mass is 32.1. The number of hydrogen-bond acceptors (Lipinski definition) is 4. The number of aromatic nitrogens is 2. The Balaban J connectivity index is 2.09. The van der Waals surface area contributed by atoms with Gasteiger partial charge in [-0.05, 0) is 20.8 Å². The van der Waals surface area contributed by atoms with Gasteiger partial charge in [-0.25, -0.2) is 4.98 Å². The Morgan fingerprint density at radius 1 is 1.38 bits per heavy atom. The fourth-order valence-corrected chi connectivity index (χ4v) is 3.06.